The van der Waals surface area contributed by atoms with E-state index in [0.717, 1.165) is 32.5 Å². The SMILES string of the molecule is C[C@H](CNC(=O)[C@H]1CCCN(S(=O)(=O)c2cccs2)C1)CN1CCCC1. The van der Waals surface area contributed by atoms with Gasteiger partial charge in [-0.25, -0.2) is 8.42 Å². The molecule has 2 atom stereocenters. The molecule has 2 aliphatic rings. The largest absolute Gasteiger partial charge is 0.356 e. The average molecular weight is 400 g/mol. The van der Waals surface area contributed by atoms with E-state index < -0.39 is 10.0 Å². The molecule has 0 radical (unpaired) electrons. The standard InChI is InChI=1S/C18H29N3O3S2/c1-15(13-20-8-2-3-9-20)12-19-18(22)16-6-4-10-21(14-16)26(23,24)17-7-5-11-25-17/h5,7,11,15-16H,2-4,6,8-10,12-14H2,1H3,(H,19,22)/t15-,16+/m1/s1. The lowest BCUT2D eigenvalue weighted by Gasteiger charge is -2.31. The van der Waals surface area contributed by atoms with Crippen molar-refractivity contribution >= 4 is 27.3 Å². The highest BCUT2D eigenvalue weighted by molar-refractivity contribution is 7.91. The number of likely N-dealkylation sites (tertiary alicyclic amines) is 1. The summed E-state index contributed by atoms with van der Waals surface area (Å²) in [6.45, 7) is 6.94. The van der Waals surface area contributed by atoms with Crippen LogP contribution in [-0.4, -0.2) is 62.8 Å². The third kappa shape index (κ3) is 4.85. The summed E-state index contributed by atoms with van der Waals surface area (Å²) in [5, 5.41) is 4.82. The van der Waals surface area contributed by atoms with Gasteiger partial charge in [0.2, 0.25) is 5.91 Å². The highest BCUT2D eigenvalue weighted by atomic mass is 32.2. The fraction of sp³-hybridized carbons (Fsp3) is 0.722. The summed E-state index contributed by atoms with van der Waals surface area (Å²) in [6.07, 6.45) is 4.03. The third-order valence-electron chi connectivity index (χ3n) is 5.24. The van der Waals surface area contributed by atoms with E-state index in [9.17, 15) is 13.2 Å². The lowest BCUT2D eigenvalue weighted by molar-refractivity contribution is -0.126. The van der Waals surface area contributed by atoms with Gasteiger partial charge in [0.25, 0.3) is 10.0 Å². The van der Waals surface area contributed by atoms with Crippen LogP contribution in [0.5, 0.6) is 0 Å². The molecule has 2 fully saturated rings. The van der Waals surface area contributed by atoms with Gasteiger partial charge in [0.05, 0.1) is 5.92 Å². The molecule has 146 valence electrons. The first-order valence-corrected chi connectivity index (χ1v) is 11.8. The normalized spacial score (nSPS) is 23.8. The summed E-state index contributed by atoms with van der Waals surface area (Å²) in [4.78, 5) is 15.0. The summed E-state index contributed by atoms with van der Waals surface area (Å²) < 4.78 is 27.2. The molecule has 0 unspecified atom stereocenters. The fourth-order valence-corrected chi connectivity index (χ4v) is 6.47. The zero-order chi connectivity index (χ0) is 18.6. The molecule has 6 nitrogen and oxygen atoms in total. The molecule has 8 heteroatoms. The maximum absolute atomic E-state index is 12.7. The van der Waals surface area contributed by atoms with E-state index in [4.69, 9.17) is 0 Å². The smallest absolute Gasteiger partial charge is 0.252 e. The van der Waals surface area contributed by atoms with Gasteiger partial charge >= 0.3 is 0 Å². The second kappa shape index (κ2) is 8.82. The Hall–Kier alpha value is -0.960. The van der Waals surface area contributed by atoms with E-state index >= 15 is 0 Å². The molecular weight excluding hydrogens is 370 g/mol. The van der Waals surface area contributed by atoms with Crippen molar-refractivity contribution in [1.29, 1.82) is 0 Å². The van der Waals surface area contributed by atoms with Gasteiger partial charge in [-0.2, -0.15) is 4.31 Å². The topological polar surface area (TPSA) is 69.7 Å². The predicted octanol–water partition coefficient (Wildman–Crippen LogP) is 2.00. The van der Waals surface area contributed by atoms with Crippen molar-refractivity contribution in [2.75, 3.05) is 39.3 Å². The van der Waals surface area contributed by atoms with E-state index in [1.54, 1.807) is 17.5 Å². The predicted molar refractivity (Wildman–Crippen MR) is 104 cm³/mol. The summed E-state index contributed by atoms with van der Waals surface area (Å²) in [5.74, 6) is 0.147. The number of carbonyl (C=O) groups is 1. The van der Waals surface area contributed by atoms with Gasteiger partial charge in [-0.1, -0.05) is 13.0 Å². The van der Waals surface area contributed by atoms with E-state index in [1.807, 2.05) is 0 Å². The van der Waals surface area contributed by atoms with Crippen molar-refractivity contribution < 1.29 is 13.2 Å². The van der Waals surface area contributed by atoms with Crippen LogP contribution in [0.4, 0.5) is 0 Å². The van der Waals surface area contributed by atoms with Crippen molar-refractivity contribution in [3.63, 3.8) is 0 Å². The number of rotatable bonds is 7. The number of hydrogen-bond donors (Lipinski definition) is 1. The van der Waals surface area contributed by atoms with Crippen LogP contribution < -0.4 is 5.32 Å². The fourth-order valence-electron chi connectivity index (χ4n) is 3.80. The lowest BCUT2D eigenvalue weighted by atomic mass is 9.98. The van der Waals surface area contributed by atoms with Crippen LogP contribution >= 0.6 is 11.3 Å². The van der Waals surface area contributed by atoms with Gasteiger partial charge in [0.15, 0.2) is 0 Å². The number of hydrogen-bond acceptors (Lipinski definition) is 5. The molecule has 0 spiro atoms. The van der Waals surface area contributed by atoms with Crippen LogP contribution in [-0.2, 0) is 14.8 Å². The van der Waals surface area contributed by atoms with Crippen LogP contribution in [0.3, 0.4) is 0 Å². The highest BCUT2D eigenvalue weighted by Gasteiger charge is 2.33. The lowest BCUT2D eigenvalue weighted by Crippen LogP contribution is -2.46. The number of amides is 1. The second-order valence-corrected chi connectivity index (χ2v) is 10.6. The van der Waals surface area contributed by atoms with E-state index in [-0.39, 0.29) is 18.4 Å². The molecule has 1 N–H and O–H groups in total. The number of piperidine rings is 1. The molecule has 3 heterocycles. The van der Waals surface area contributed by atoms with Gasteiger partial charge < -0.3 is 10.2 Å². The van der Waals surface area contributed by atoms with Gasteiger partial charge in [0.1, 0.15) is 4.21 Å². The Labute approximate surface area is 160 Å². The first-order valence-electron chi connectivity index (χ1n) is 9.50. The maximum atomic E-state index is 12.7. The highest BCUT2D eigenvalue weighted by Crippen LogP contribution is 2.26. The van der Waals surface area contributed by atoms with Crippen molar-refractivity contribution in [3.8, 4) is 0 Å². The quantitative estimate of drug-likeness (QED) is 0.761. The van der Waals surface area contributed by atoms with Crippen LogP contribution in [0.15, 0.2) is 21.7 Å². The zero-order valence-electron chi connectivity index (χ0n) is 15.4. The Morgan fingerprint density at radius 1 is 1.31 bits per heavy atom. The molecule has 1 aromatic rings. The number of thiophene rings is 1. The first kappa shape index (κ1) is 19.8. The van der Waals surface area contributed by atoms with Gasteiger partial charge in [0, 0.05) is 26.2 Å². The Bertz CT molecular complexity index is 685. The molecule has 0 aliphatic carbocycles. The number of carbonyl (C=O) groups excluding carboxylic acids is 1. The Balaban J connectivity index is 1.50. The molecule has 2 saturated heterocycles. The average Bonchev–Trinajstić information content (AvgIpc) is 3.34. The minimum absolute atomic E-state index is 0.00986. The van der Waals surface area contributed by atoms with E-state index in [2.05, 4.69) is 17.1 Å². The first-order chi connectivity index (χ1) is 12.5. The van der Waals surface area contributed by atoms with Crippen molar-refractivity contribution in [1.82, 2.24) is 14.5 Å². The molecule has 1 aromatic heterocycles. The molecule has 26 heavy (non-hydrogen) atoms. The van der Waals surface area contributed by atoms with Gasteiger partial charge in [-0.15, -0.1) is 11.3 Å². The van der Waals surface area contributed by atoms with Crippen LogP contribution in [0.25, 0.3) is 0 Å². The number of nitrogens with zero attached hydrogens (tertiary/aromatic N) is 2. The van der Waals surface area contributed by atoms with Crippen LogP contribution in [0.2, 0.25) is 0 Å². The van der Waals surface area contributed by atoms with E-state index in [1.165, 1.54) is 28.5 Å². The molecule has 1 amide bonds. The Morgan fingerprint density at radius 3 is 2.77 bits per heavy atom. The molecule has 2 aliphatic heterocycles. The molecule has 0 aromatic carbocycles. The summed E-state index contributed by atoms with van der Waals surface area (Å²) >= 11 is 1.23. The van der Waals surface area contributed by atoms with Gasteiger partial charge in [-0.05, 0) is 56.1 Å². The summed E-state index contributed by atoms with van der Waals surface area (Å²) in [5.41, 5.74) is 0. The van der Waals surface area contributed by atoms with Crippen molar-refractivity contribution in [2.45, 2.75) is 36.8 Å². The van der Waals surface area contributed by atoms with E-state index in [0.29, 0.717) is 23.2 Å². The number of nitrogens with one attached hydrogen (secondary N) is 1. The zero-order valence-corrected chi connectivity index (χ0v) is 17.0. The number of sulfonamides is 1. The third-order valence-corrected chi connectivity index (χ3v) is 8.48. The maximum Gasteiger partial charge on any atom is 0.252 e. The Morgan fingerprint density at radius 2 is 2.08 bits per heavy atom. The van der Waals surface area contributed by atoms with Crippen molar-refractivity contribution in [2.24, 2.45) is 11.8 Å². The molecular formula is C18H29N3O3S2. The molecule has 3 rings (SSSR count). The monoisotopic (exact) mass is 399 g/mol. The van der Waals surface area contributed by atoms with Crippen LogP contribution in [0, 0.1) is 11.8 Å². The molecule has 0 saturated carbocycles. The summed E-state index contributed by atoms with van der Waals surface area (Å²) in [7, 11) is -3.47. The second-order valence-electron chi connectivity index (χ2n) is 7.49. The minimum atomic E-state index is -3.47. The van der Waals surface area contributed by atoms with Gasteiger partial charge in [-0.3, -0.25) is 4.79 Å². The molecule has 0 bridgehead atoms. The minimum Gasteiger partial charge on any atom is -0.356 e. The van der Waals surface area contributed by atoms with Crippen LogP contribution in [0.1, 0.15) is 32.6 Å². The summed E-state index contributed by atoms with van der Waals surface area (Å²) in [6, 6.07) is 3.37. The van der Waals surface area contributed by atoms with Crippen molar-refractivity contribution in [3.05, 3.63) is 17.5 Å². The Kier molecular flexibility index (Phi) is 6.71.